The highest BCUT2D eigenvalue weighted by Crippen LogP contribution is 2.21. The molecule has 2 aromatic carbocycles. The number of phenolic OH excluding ortho intramolecular Hbond substituents is 1. The first-order chi connectivity index (χ1) is 12.9. The maximum atomic E-state index is 12.3. The number of aryl methyl sites for hydroxylation is 1. The van der Waals surface area contributed by atoms with Gasteiger partial charge in [0.15, 0.2) is 9.84 Å². The minimum atomic E-state index is -3.13. The predicted octanol–water partition coefficient (Wildman–Crippen LogP) is 2.28. The highest BCUT2D eigenvalue weighted by molar-refractivity contribution is 7.91. The third kappa shape index (κ3) is 5.17. The minimum absolute atomic E-state index is 0.0368. The van der Waals surface area contributed by atoms with Gasteiger partial charge >= 0.3 is 0 Å². The molecule has 2 aromatic rings. The van der Waals surface area contributed by atoms with Crippen molar-refractivity contribution in [3.8, 4) is 5.75 Å². The summed E-state index contributed by atoms with van der Waals surface area (Å²) in [5.74, 6) is -0.983. The lowest BCUT2D eigenvalue weighted by Gasteiger charge is -2.11. The molecule has 2 N–H and O–H groups in total. The first-order valence-corrected chi connectivity index (χ1v) is 10.7. The van der Waals surface area contributed by atoms with Crippen molar-refractivity contribution in [1.29, 1.82) is 0 Å². The van der Waals surface area contributed by atoms with E-state index in [-0.39, 0.29) is 17.3 Å². The van der Waals surface area contributed by atoms with E-state index in [4.69, 9.17) is 0 Å². The van der Waals surface area contributed by atoms with Gasteiger partial charge in [0.2, 0.25) is 5.91 Å². The number of rotatable bonds is 6. The SMILES string of the molecule is O=C(N/N=C(\CCc1ccccc1)c1ccccc1O)[C@H]1CCS(=O)(=O)C1. The molecule has 0 radical (unpaired) electrons. The van der Waals surface area contributed by atoms with E-state index in [0.717, 1.165) is 5.56 Å². The molecule has 1 amide bonds. The van der Waals surface area contributed by atoms with Gasteiger partial charge in [0.1, 0.15) is 5.75 Å². The van der Waals surface area contributed by atoms with Crippen LogP contribution in [0.15, 0.2) is 59.7 Å². The highest BCUT2D eigenvalue weighted by atomic mass is 32.2. The summed E-state index contributed by atoms with van der Waals surface area (Å²) in [4.78, 5) is 12.3. The van der Waals surface area contributed by atoms with Gasteiger partial charge in [0.05, 0.1) is 23.1 Å². The lowest BCUT2D eigenvalue weighted by Crippen LogP contribution is -2.28. The predicted molar refractivity (Wildman–Crippen MR) is 104 cm³/mol. The Kier molecular flexibility index (Phi) is 5.91. The third-order valence-corrected chi connectivity index (χ3v) is 6.38. The fourth-order valence-electron chi connectivity index (χ4n) is 3.09. The molecule has 0 aromatic heterocycles. The van der Waals surface area contributed by atoms with Crippen LogP contribution in [0.4, 0.5) is 0 Å². The normalized spacial score (nSPS) is 19.0. The number of aromatic hydroxyl groups is 1. The van der Waals surface area contributed by atoms with Crippen LogP contribution in [0, 0.1) is 5.92 Å². The van der Waals surface area contributed by atoms with E-state index in [0.29, 0.717) is 30.5 Å². The molecule has 0 spiro atoms. The Balaban J connectivity index is 1.75. The van der Waals surface area contributed by atoms with Crippen LogP contribution in [0.5, 0.6) is 5.75 Å². The van der Waals surface area contributed by atoms with Crippen molar-refractivity contribution >= 4 is 21.5 Å². The zero-order valence-corrected chi connectivity index (χ0v) is 15.7. The summed E-state index contributed by atoms with van der Waals surface area (Å²) < 4.78 is 23.1. The van der Waals surface area contributed by atoms with Crippen LogP contribution < -0.4 is 5.43 Å². The second-order valence-corrected chi connectivity index (χ2v) is 8.87. The fraction of sp³-hybridized carbons (Fsp3) is 0.300. The van der Waals surface area contributed by atoms with Crippen LogP contribution in [0.2, 0.25) is 0 Å². The molecule has 142 valence electrons. The average Bonchev–Trinajstić information content (AvgIpc) is 3.03. The van der Waals surface area contributed by atoms with E-state index < -0.39 is 21.7 Å². The number of para-hydroxylation sites is 1. The molecule has 7 heteroatoms. The molecule has 1 atom stereocenters. The van der Waals surface area contributed by atoms with Gasteiger partial charge in [0.25, 0.3) is 0 Å². The molecule has 6 nitrogen and oxygen atoms in total. The summed E-state index contributed by atoms with van der Waals surface area (Å²) in [6.45, 7) is 0. The number of nitrogens with one attached hydrogen (secondary N) is 1. The largest absolute Gasteiger partial charge is 0.507 e. The lowest BCUT2D eigenvalue weighted by atomic mass is 10.0. The molecule has 1 heterocycles. The maximum absolute atomic E-state index is 12.3. The van der Waals surface area contributed by atoms with Crippen LogP contribution in [0.25, 0.3) is 0 Å². The minimum Gasteiger partial charge on any atom is -0.507 e. The van der Waals surface area contributed by atoms with Gasteiger partial charge in [-0.2, -0.15) is 5.10 Å². The zero-order valence-electron chi connectivity index (χ0n) is 14.8. The summed E-state index contributed by atoms with van der Waals surface area (Å²) >= 11 is 0. The van der Waals surface area contributed by atoms with Gasteiger partial charge in [-0.25, -0.2) is 13.8 Å². The van der Waals surface area contributed by atoms with E-state index >= 15 is 0 Å². The average molecular weight is 386 g/mol. The van der Waals surface area contributed by atoms with Crippen LogP contribution >= 0.6 is 0 Å². The number of nitrogens with zero attached hydrogens (tertiary/aromatic N) is 1. The third-order valence-electron chi connectivity index (χ3n) is 4.61. The number of hydrogen-bond acceptors (Lipinski definition) is 5. The zero-order chi connectivity index (χ0) is 19.3. The van der Waals surface area contributed by atoms with E-state index in [9.17, 15) is 18.3 Å². The number of hydrogen-bond donors (Lipinski definition) is 2. The molecule has 1 aliphatic heterocycles. The summed E-state index contributed by atoms with van der Waals surface area (Å²) in [6.07, 6.45) is 1.53. The molecular formula is C20H22N2O4S. The highest BCUT2D eigenvalue weighted by Gasteiger charge is 2.32. The summed E-state index contributed by atoms with van der Waals surface area (Å²) in [6, 6.07) is 16.7. The van der Waals surface area contributed by atoms with Crippen molar-refractivity contribution in [2.24, 2.45) is 11.0 Å². The molecule has 1 fully saturated rings. The summed E-state index contributed by atoms with van der Waals surface area (Å²) in [7, 11) is -3.13. The van der Waals surface area contributed by atoms with Crippen molar-refractivity contribution < 1.29 is 18.3 Å². The molecule has 3 rings (SSSR count). The Morgan fingerprint density at radius 3 is 2.48 bits per heavy atom. The second kappa shape index (κ2) is 8.35. The fourth-order valence-corrected chi connectivity index (χ4v) is 4.83. The first kappa shape index (κ1) is 19.1. The Hall–Kier alpha value is -2.67. The van der Waals surface area contributed by atoms with Gasteiger partial charge in [-0.3, -0.25) is 4.79 Å². The van der Waals surface area contributed by atoms with Crippen molar-refractivity contribution in [2.75, 3.05) is 11.5 Å². The monoisotopic (exact) mass is 386 g/mol. The van der Waals surface area contributed by atoms with Gasteiger partial charge in [-0.05, 0) is 37.0 Å². The Labute approximate surface area is 158 Å². The van der Waals surface area contributed by atoms with Gasteiger partial charge in [0, 0.05) is 5.56 Å². The smallest absolute Gasteiger partial charge is 0.244 e. The molecule has 0 saturated carbocycles. The Bertz CT molecular complexity index is 939. The van der Waals surface area contributed by atoms with Crippen LogP contribution in [0.3, 0.4) is 0 Å². The molecule has 0 bridgehead atoms. The van der Waals surface area contributed by atoms with E-state index in [1.807, 2.05) is 30.3 Å². The van der Waals surface area contributed by atoms with Crippen LogP contribution in [-0.2, 0) is 21.1 Å². The van der Waals surface area contributed by atoms with Crippen molar-refractivity contribution in [3.63, 3.8) is 0 Å². The van der Waals surface area contributed by atoms with Gasteiger partial charge in [-0.15, -0.1) is 0 Å². The summed E-state index contributed by atoms with van der Waals surface area (Å²) in [5.41, 5.74) is 4.71. The van der Waals surface area contributed by atoms with Gasteiger partial charge < -0.3 is 5.11 Å². The maximum Gasteiger partial charge on any atom is 0.244 e. The molecule has 1 aliphatic rings. The van der Waals surface area contributed by atoms with Crippen molar-refractivity contribution in [1.82, 2.24) is 5.43 Å². The molecule has 1 saturated heterocycles. The Morgan fingerprint density at radius 2 is 1.81 bits per heavy atom. The first-order valence-electron chi connectivity index (χ1n) is 8.84. The Morgan fingerprint density at radius 1 is 1.11 bits per heavy atom. The number of sulfone groups is 1. The topological polar surface area (TPSA) is 95.8 Å². The van der Waals surface area contributed by atoms with E-state index in [1.165, 1.54) is 0 Å². The quantitative estimate of drug-likeness (QED) is 0.588. The lowest BCUT2D eigenvalue weighted by molar-refractivity contribution is -0.124. The molecule has 27 heavy (non-hydrogen) atoms. The second-order valence-electron chi connectivity index (χ2n) is 6.64. The molecule has 0 aliphatic carbocycles. The van der Waals surface area contributed by atoms with Gasteiger partial charge in [-0.1, -0.05) is 42.5 Å². The molecular weight excluding hydrogens is 364 g/mol. The number of carbonyl (C=O) groups excluding carboxylic acids is 1. The number of benzene rings is 2. The molecule has 0 unspecified atom stereocenters. The van der Waals surface area contributed by atoms with Crippen molar-refractivity contribution in [3.05, 3.63) is 65.7 Å². The van der Waals surface area contributed by atoms with E-state index in [1.54, 1.807) is 24.3 Å². The van der Waals surface area contributed by atoms with Crippen LogP contribution in [-0.4, -0.2) is 36.6 Å². The number of carbonyl (C=O) groups is 1. The van der Waals surface area contributed by atoms with Crippen molar-refractivity contribution in [2.45, 2.75) is 19.3 Å². The summed E-state index contributed by atoms with van der Waals surface area (Å²) in [5, 5.41) is 14.4. The van der Waals surface area contributed by atoms with Crippen LogP contribution in [0.1, 0.15) is 24.0 Å². The standard InChI is InChI=1S/C20H22N2O4S/c23-19-9-5-4-8-17(19)18(11-10-15-6-2-1-3-7-15)21-22-20(24)16-12-13-27(25,26)14-16/h1-9,16,23H,10-14H2,(H,22,24)/b21-18+/t16-/m0/s1. The number of amides is 1. The number of hydrazone groups is 1. The number of phenols is 1. The van der Waals surface area contributed by atoms with E-state index in [2.05, 4.69) is 10.5 Å².